The molecule has 0 fully saturated rings. The van der Waals surface area contributed by atoms with Crippen LogP contribution in [0.5, 0.6) is 0 Å². The average molecular weight is 277 g/mol. The van der Waals surface area contributed by atoms with Crippen LogP contribution in [-0.2, 0) is 0 Å². The van der Waals surface area contributed by atoms with E-state index >= 15 is 0 Å². The Morgan fingerprint density at radius 3 is 2.11 bits per heavy atom. The van der Waals surface area contributed by atoms with Crippen molar-refractivity contribution >= 4 is 12.0 Å². The SMILES string of the molecule is CNCCC=Cc1c(F)c(F)c(C(=O)O)c(F)c1F. The summed E-state index contributed by atoms with van der Waals surface area (Å²) < 4.78 is 53.6. The zero-order chi connectivity index (χ0) is 14.6. The smallest absolute Gasteiger partial charge is 0.341 e. The van der Waals surface area contributed by atoms with Gasteiger partial charge in [-0.1, -0.05) is 12.2 Å². The van der Waals surface area contributed by atoms with E-state index < -0.39 is 40.4 Å². The number of rotatable bonds is 5. The fourth-order valence-corrected chi connectivity index (χ4v) is 1.41. The molecule has 0 bridgehead atoms. The number of carboxylic acids is 1. The lowest BCUT2D eigenvalue weighted by Gasteiger charge is -2.06. The summed E-state index contributed by atoms with van der Waals surface area (Å²) in [4.78, 5) is 10.5. The van der Waals surface area contributed by atoms with Crippen LogP contribution in [0.1, 0.15) is 22.3 Å². The van der Waals surface area contributed by atoms with Gasteiger partial charge in [0, 0.05) is 0 Å². The maximum absolute atomic E-state index is 13.5. The van der Waals surface area contributed by atoms with Gasteiger partial charge in [-0.05, 0) is 20.0 Å². The zero-order valence-electron chi connectivity index (χ0n) is 9.94. The predicted octanol–water partition coefficient (Wildman–Crippen LogP) is 2.56. The van der Waals surface area contributed by atoms with E-state index in [-0.39, 0.29) is 0 Å². The van der Waals surface area contributed by atoms with Crippen LogP contribution >= 0.6 is 0 Å². The molecule has 0 saturated carbocycles. The van der Waals surface area contributed by atoms with Gasteiger partial charge in [0.25, 0.3) is 0 Å². The van der Waals surface area contributed by atoms with Crippen molar-refractivity contribution in [1.29, 1.82) is 0 Å². The van der Waals surface area contributed by atoms with Gasteiger partial charge >= 0.3 is 5.97 Å². The van der Waals surface area contributed by atoms with Gasteiger partial charge in [0.1, 0.15) is 5.56 Å². The monoisotopic (exact) mass is 277 g/mol. The van der Waals surface area contributed by atoms with Crippen molar-refractivity contribution in [2.75, 3.05) is 13.6 Å². The first-order valence-electron chi connectivity index (χ1n) is 5.32. The van der Waals surface area contributed by atoms with Gasteiger partial charge in [-0.25, -0.2) is 22.4 Å². The van der Waals surface area contributed by atoms with E-state index in [1.165, 1.54) is 6.08 Å². The fraction of sp³-hybridized carbons (Fsp3) is 0.250. The molecule has 19 heavy (non-hydrogen) atoms. The lowest BCUT2D eigenvalue weighted by atomic mass is 10.1. The molecule has 1 aromatic carbocycles. The highest BCUT2D eigenvalue weighted by atomic mass is 19.2. The molecule has 0 aromatic heterocycles. The minimum absolute atomic E-state index is 0.388. The highest BCUT2D eigenvalue weighted by molar-refractivity contribution is 5.88. The Morgan fingerprint density at radius 1 is 1.16 bits per heavy atom. The molecule has 0 aliphatic heterocycles. The second-order valence-electron chi connectivity index (χ2n) is 3.64. The number of aromatic carboxylic acids is 1. The minimum atomic E-state index is -2.07. The van der Waals surface area contributed by atoms with Gasteiger partial charge in [-0.3, -0.25) is 0 Å². The van der Waals surface area contributed by atoms with Crippen LogP contribution in [0.2, 0.25) is 0 Å². The Bertz CT molecular complexity index is 500. The number of hydrogen-bond donors (Lipinski definition) is 2. The zero-order valence-corrected chi connectivity index (χ0v) is 9.94. The summed E-state index contributed by atoms with van der Waals surface area (Å²) in [5, 5.41) is 11.3. The van der Waals surface area contributed by atoms with Crippen molar-refractivity contribution in [2.45, 2.75) is 6.42 Å². The third-order valence-electron chi connectivity index (χ3n) is 2.36. The Labute approximate surface area is 106 Å². The first-order chi connectivity index (χ1) is 8.91. The molecular weight excluding hydrogens is 266 g/mol. The highest BCUT2D eigenvalue weighted by Gasteiger charge is 2.27. The van der Waals surface area contributed by atoms with Crippen LogP contribution in [-0.4, -0.2) is 24.7 Å². The van der Waals surface area contributed by atoms with Crippen molar-refractivity contribution in [3.63, 3.8) is 0 Å². The van der Waals surface area contributed by atoms with Crippen LogP contribution < -0.4 is 5.32 Å². The Balaban J connectivity index is 3.28. The van der Waals surface area contributed by atoms with Crippen LogP contribution in [0, 0.1) is 23.3 Å². The van der Waals surface area contributed by atoms with E-state index in [1.807, 2.05) is 0 Å². The van der Waals surface area contributed by atoms with Crippen LogP contribution in [0.3, 0.4) is 0 Å². The quantitative estimate of drug-likeness (QED) is 0.494. The highest BCUT2D eigenvalue weighted by Crippen LogP contribution is 2.25. The minimum Gasteiger partial charge on any atom is -0.477 e. The van der Waals surface area contributed by atoms with E-state index in [2.05, 4.69) is 5.32 Å². The van der Waals surface area contributed by atoms with Gasteiger partial charge in [-0.15, -0.1) is 0 Å². The lowest BCUT2D eigenvalue weighted by Crippen LogP contribution is -2.11. The Kier molecular flexibility index (Phi) is 5.05. The topological polar surface area (TPSA) is 49.3 Å². The molecule has 1 aromatic rings. The fourth-order valence-electron chi connectivity index (χ4n) is 1.41. The van der Waals surface area contributed by atoms with Crippen LogP contribution in [0.15, 0.2) is 6.08 Å². The third-order valence-corrected chi connectivity index (χ3v) is 2.36. The van der Waals surface area contributed by atoms with Crippen molar-refractivity contribution in [2.24, 2.45) is 0 Å². The number of halogens is 4. The maximum atomic E-state index is 13.5. The molecule has 0 aliphatic rings. The van der Waals surface area contributed by atoms with E-state index in [1.54, 1.807) is 7.05 Å². The third kappa shape index (κ3) is 3.11. The summed E-state index contributed by atoms with van der Waals surface area (Å²) in [5.74, 6) is -9.35. The normalized spacial score (nSPS) is 11.2. The molecule has 0 heterocycles. The summed E-state index contributed by atoms with van der Waals surface area (Å²) in [6, 6.07) is 0. The molecule has 0 spiro atoms. The molecule has 1 rings (SSSR count). The molecule has 0 atom stereocenters. The first-order valence-corrected chi connectivity index (χ1v) is 5.32. The summed E-state index contributed by atoms with van der Waals surface area (Å²) in [7, 11) is 1.66. The van der Waals surface area contributed by atoms with E-state index in [4.69, 9.17) is 5.11 Å². The Morgan fingerprint density at radius 2 is 1.68 bits per heavy atom. The van der Waals surface area contributed by atoms with Crippen LogP contribution in [0.4, 0.5) is 17.6 Å². The number of nitrogens with one attached hydrogen (secondary N) is 1. The second-order valence-corrected chi connectivity index (χ2v) is 3.64. The number of carboxylic acid groups (broad SMARTS) is 1. The van der Waals surface area contributed by atoms with Crippen LogP contribution in [0.25, 0.3) is 6.08 Å². The molecule has 104 valence electrons. The van der Waals surface area contributed by atoms with Gasteiger partial charge in [0.05, 0.1) is 5.56 Å². The van der Waals surface area contributed by atoms with E-state index in [0.29, 0.717) is 13.0 Å². The van der Waals surface area contributed by atoms with Crippen molar-refractivity contribution in [1.82, 2.24) is 5.32 Å². The summed E-state index contributed by atoms with van der Waals surface area (Å²) in [6.45, 7) is 0.512. The van der Waals surface area contributed by atoms with Gasteiger partial charge in [-0.2, -0.15) is 0 Å². The maximum Gasteiger partial charge on any atom is 0.341 e. The number of hydrogen-bond acceptors (Lipinski definition) is 2. The molecule has 0 saturated heterocycles. The molecule has 0 radical (unpaired) electrons. The van der Waals surface area contributed by atoms with Crippen molar-refractivity contribution < 1.29 is 27.5 Å². The van der Waals surface area contributed by atoms with Gasteiger partial charge in [0.15, 0.2) is 23.3 Å². The van der Waals surface area contributed by atoms with Gasteiger partial charge in [0.2, 0.25) is 0 Å². The molecule has 0 aliphatic carbocycles. The molecule has 3 nitrogen and oxygen atoms in total. The van der Waals surface area contributed by atoms with E-state index in [0.717, 1.165) is 6.08 Å². The Hall–Kier alpha value is -1.89. The average Bonchev–Trinajstić information content (AvgIpc) is 2.35. The molecule has 2 N–H and O–H groups in total. The standard InChI is InChI=1S/C12H11F4NO2/c1-17-5-3-2-4-6-8(13)10(15)7(12(18)19)11(16)9(6)14/h2,4,17H,3,5H2,1H3,(H,18,19). The molecule has 7 heteroatoms. The predicted molar refractivity (Wildman–Crippen MR) is 60.8 cm³/mol. The summed E-state index contributed by atoms with van der Waals surface area (Å²) >= 11 is 0. The van der Waals surface area contributed by atoms with Crippen molar-refractivity contribution in [3.05, 3.63) is 40.5 Å². The number of benzene rings is 1. The lowest BCUT2D eigenvalue weighted by molar-refractivity contribution is 0.0683. The first kappa shape index (κ1) is 15.2. The van der Waals surface area contributed by atoms with Crippen molar-refractivity contribution in [3.8, 4) is 0 Å². The number of carbonyl (C=O) groups is 1. The molecule has 0 unspecified atom stereocenters. The van der Waals surface area contributed by atoms with E-state index in [9.17, 15) is 22.4 Å². The molecule has 0 amide bonds. The molecular formula is C12H11F4NO2. The second kappa shape index (κ2) is 6.33. The summed E-state index contributed by atoms with van der Waals surface area (Å²) in [6.07, 6.45) is 2.58. The summed E-state index contributed by atoms with van der Waals surface area (Å²) in [5.41, 5.74) is -2.57. The largest absolute Gasteiger partial charge is 0.477 e. The van der Waals surface area contributed by atoms with Gasteiger partial charge < -0.3 is 10.4 Å².